The van der Waals surface area contributed by atoms with Crippen molar-refractivity contribution in [3.05, 3.63) is 45.0 Å². The number of thiophene rings is 1. The molecule has 0 radical (unpaired) electrons. The number of rotatable bonds is 5. The largest absolute Gasteiger partial charge is 0.370 e. The molecule has 0 unspecified atom stereocenters. The molecule has 1 fully saturated rings. The fourth-order valence-electron chi connectivity index (χ4n) is 2.85. The zero-order valence-electron chi connectivity index (χ0n) is 12.8. The number of hydrogen-bond acceptors (Lipinski definition) is 5. The molecule has 6 nitrogen and oxygen atoms in total. The Balaban J connectivity index is 1.44. The molecule has 1 saturated heterocycles. The maximum Gasteiger partial charge on any atom is 0.266 e. The summed E-state index contributed by atoms with van der Waals surface area (Å²) in [5, 5.41) is 11.3. The number of nitrogens with one attached hydrogen (secondary N) is 2. The lowest BCUT2D eigenvalue weighted by Gasteiger charge is -2.32. The zero-order chi connectivity index (χ0) is 16.1. The lowest BCUT2D eigenvalue weighted by Crippen LogP contribution is -2.41. The van der Waals surface area contributed by atoms with Crippen LogP contribution in [-0.2, 0) is 11.2 Å². The summed E-state index contributed by atoms with van der Waals surface area (Å²) in [6.07, 6.45) is 4.15. The number of carbonyl (C=O) groups excluding carboxylic acids is 1. The number of piperidine rings is 1. The molecule has 1 aliphatic rings. The first-order valence-corrected chi connectivity index (χ1v) is 8.70. The van der Waals surface area contributed by atoms with Crippen LogP contribution >= 0.6 is 11.3 Å². The van der Waals surface area contributed by atoms with E-state index in [0.29, 0.717) is 6.54 Å². The van der Waals surface area contributed by atoms with E-state index in [4.69, 9.17) is 0 Å². The van der Waals surface area contributed by atoms with Crippen LogP contribution in [0.4, 0.5) is 5.69 Å². The summed E-state index contributed by atoms with van der Waals surface area (Å²) in [4.78, 5) is 26.9. The number of amides is 1. The molecule has 0 spiro atoms. The number of carbonyl (C=O) groups is 1. The summed E-state index contributed by atoms with van der Waals surface area (Å²) in [5.41, 5.74) is 0.626. The van der Waals surface area contributed by atoms with Crippen LogP contribution in [0.15, 0.2) is 34.6 Å². The van der Waals surface area contributed by atoms with Crippen LogP contribution in [0.5, 0.6) is 0 Å². The van der Waals surface area contributed by atoms with Crippen molar-refractivity contribution in [1.29, 1.82) is 0 Å². The summed E-state index contributed by atoms with van der Waals surface area (Å²) in [7, 11) is 0. The van der Waals surface area contributed by atoms with Gasteiger partial charge in [0.1, 0.15) is 0 Å². The molecule has 7 heteroatoms. The predicted molar refractivity (Wildman–Crippen MR) is 90.8 cm³/mol. The topological polar surface area (TPSA) is 78.1 Å². The van der Waals surface area contributed by atoms with Crippen molar-refractivity contribution in [2.24, 2.45) is 5.92 Å². The molecule has 1 amide bonds. The molecule has 0 bridgehead atoms. The second-order valence-electron chi connectivity index (χ2n) is 5.69. The van der Waals surface area contributed by atoms with Crippen molar-refractivity contribution in [3.63, 3.8) is 0 Å². The standard InChI is InChI=1S/C16H20N4O2S/c21-15-10-13(11-18-19-15)20-7-4-12(5-8-20)16(22)17-6-3-14-2-1-9-23-14/h1-2,9-12H,3-8H2,(H,17,22)(H,19,21). The van der Waals surface area contributed by atoms with Gasteiger partial charge in [-0.1, -0.05) is 6.07 Å². The van der Waals surface area contributed by atoms with E-state index in [1.807, 2.05) is 6.07 Å². The average molecular weight is 332 g/mol. The Morgan fingerprint density at radius 3 is 2.96 bits per heavy atom. The second-order valence-corrected chi connectivity index (χ2v) is 6.72. The first-order chi connectivity index (χ1) is 11.2. The molecule has 0 aliphatic carbocycles. The molecule has 2 aromatic rings. The fourth-order valence-corrected chi connectivity index (χ4v) is 3.56. The Labute approximate surface area is 138 Å². The molecule has 0 atom stereocenters. The molecule has 122 valence electrons. The highest BCUT2D eigenvalue weighted by Gasteiger charge is 2.25. The monoisotopic (exact) mass is 332 g/mol. The van der Waals surface area contributed by atoms with Gasteiger partial charge in [0, 0.05) is 36.5 Å². The van der Waals surface area contributed by atoms with Crippen LogP contribution in [0.25, 0.3) is 0 Å². The van der Waals surface area contributed by atoms with E-state index in [1.54, 1.807) is 23.6 Å². The van der Waals surface area contributed by atoms with Crippen molar-refractivity contribution in [2.75, 3.05) is 24.5 Å². The molecule has 2 N–H and O–H groups in total. The molecule has 1 aliphatic heterocycles. The van der Waals surface area contributed by atoms with Gasteiger partial charge in [0.2, 0.25) is 5.91 Å². The van der Waals surface area contributed by atoms with Crippen molar-refractivity contribution in [1.82, 2.24) is 15.5 Å². The predicted octanol–water partition coefficient (Wildman–Crippen LogP) is 1.41. The quantitative estimate of drug-likeness (QED) is 0.868. The van der Waals surface area contributed by atoms with Crippen LogP contribution in [0.3, 0.4) is 0 Å². The minimum absolute atomic E-state index is 0.0598. The van der Waals surface area contributed by atoms with E-state index in [-0.39, 0.29) is 17.4 Å². The van der Waals surface area contributed by atoms with E-state index < -0.39 is 0 Å². The second kappa shape index (κ2) is 7.41. The van der Waals surface area contributed by atoms with Gasteiger partial charge in [-0.25, -0.2) is 5.10 Å². The SMILES string of the molecule is O=C(NCCc1cccs1)C1CCN(c2cn[nH]c(=O)c2)CC1. The number of hydrogen-bond donors (Lipinski definition) is 2. The van der Waals surface area contributed by atoms with Gasteiger partial charge in [0.05, 0.1) is 11.9 Å². The lowest BCUT2D eigenvalue weighted by atomic mass is 9.95. The molecular weight excluding hydrogens is 312 g/mol. The third-order valence-electron chi connectivity index (χ3n) is 4.13. The highest BCUT2D eigenvalue weighted by atomic mass is 32.1. The highest BCUT2D eigenvalue weighted by Crippen LogP contribution is 2.21. The van der Waals surface area contributed by atoms with Gasteiger partial charge >= 0.3 is 0 Å². The number of aromatic amines is 1. The maximum absolute atomic E-state index is 12.2. The van der Waals surface area contributed by atoms with E-state index in [1.165, 1.54) is 4.88 Å². The first kappa shape index (κ1) is 15.7. The summed E-state index contributed by atoms with van der Waals surface area (Å²) in [6.45, 7) is 2.24. The Morgan fingerprint density at radius 1 is 1.43 bits per heavy atom. The van der Waals surface area contributed by atoms with Crippen LogP contribution < -0.4 is 15.8 Å². The number of H-pyrrole nitrogens is 1. The molecule has 23 heavy (non-hydrogen) atoms. The average Bonchev–Trinajstić information content (AvgIpc) is 3.08. The molecule has 3 heterocycles. The number of nitrogens with zero attached hydrogens (tertiary/aromatic N) is 2. The first-order valence-electron chi connectivity index (χ1n) is 7.82. The molecule has 2 aromatic heterocycles. The molecular formula is C16H20N4O2S. The van der Waals surface area contributed by atoms with Gasteiger partial charge in [-0.2, -0.15) is 5.10 Å². The smallest absolute Gasteiger partial charge is 0.266 e. The van der Waals surface area contributed by atoms with Crippen molar-refractivity contribution < 1.29 is 4.79 Å². The van der Waals surface area contributed by atoms with Crippen LogP contribution in [0.1, 0.15) is 17.7 Å². The maximum atomic E-state index is 12.2. The summed E-state index contributed by atoms with van der Waals surface area (Å²) in [6, 6.07) is 5.67. The number of anilines is 1. The van der Waals surface area contributed by atoms with Crippen LogP contribution in [0, 0.1) is 5.92 Å². The highest BCUT2D eigenvalue weighted by molar-refractivity contribution is 7.09. The molecule has 3 rings (SSSR count). The summed E-state index contributed by atoms with van der Waals surface area (Å²) in [5.74, 6) is 0.204. The minimum atomic E-state index is -0.198. The molecule has 0 aromatic carbocycles. The fraction of sp³-hybridized carbons (Fsp3) is 0.438. The summed E-state index contributed by atoms with van der Waals surface area (Å²) >= 11 is 1.72. The Hall–Kier alpha value is -2.15. The van der Waals surface area contributed by atoms with Crippen molar-refractivity contribution >= 4 is 22.9 Å². The van der Waals surface area contributed by atoms with E-state index in [9.17, 15) is 9.59 Å². The van der Waals surface area contributed by atoms with E-state index in [0.717, 1.165) is 38.0 Å². The normalized spacial score (nSPS) is 15.6. The van der Waals surface area contributed by atoms with Crippen LogP contribution in [-0.4, -0.2) is 35.7 Å². The van der Waals surface area contributed by atoms with Gasteiger partial charge in [0.25, 0.3) is 5.56 Å². The van der Waals surface area contributed by atoms with Gasteiger partial charge in [-0.3, -0.25) is 9.59 Å². The van der Waals surface area contributed by atoms with E-state index in [2.05, 4.69) is 31.9 Å². The Kier molecular flexibility index (Phi) is 5.07. The van der Waals surface area contributed by atoms with E-state index >= 15 is 0 Å². The minimum Gasteiger partial charge on any atom is -0.370 e. The third-order valence-corrected chi connectivity index (χ3v) is 5.07. The Bertz CT molecular complexity index is 690. The lowest BCUT2D eigenvalue weighted by molar-refractivity contribution is -0.125. The van der Waals surface area contributed by atoms with Crippen LogP contribution in [0.2, 0.25) is 0 Å². The van der Waals surface area contributed by atoms with Crippen molar-refractivity contribution in [2.45, 2.75) is 19.3 Å². The van der Waals surface area contributed by atoms with Gasteiger partial charge in [0.15, 0.2) is 0 Å². The number of aromatic nitrogens is 2. The van der Waals surface area contributed by atoms with Gasteiger partial charge < -0.3 is 10.2 Å². The van der Waals surface area contributed by atoms with Crippen molar-refractivity contribution in [3.8, 4) is 0 Å². The third kappa shape index (κ3) is 4.19. The Morgan fingerprint density at radius 2 is 2.26 bits per heavy atom. The van der Waals surface area contributed by atoms with Gasteiger partial charge in [-0.05, 0) is 30.7 Å². The molecule has 0 saturated carbocycles. The van der Waals surface area contributed by atoms with Gasteiger partial charge in [-0.15, -0.1) is 11.3 Å². The zero-order valence-corrected chi connectivity index (χ0v) is 13.6. The summed E-state index contributed by atoms with van der Waals surface area (Å²) < 4.78 is 0.